The molecule has 4 aromatic heterocycles. The standard InChI is InChI=1S/C53H46N8O11/c1-29-43(45(62)31-15-17-39(54)37(27-31)51(66)67)41-13-3-5-21-60(41)47(29)58-49(64)33-9-7-11-35(25-33)71-23-19-56-53(70)57-20-24-72-36-12-8-10-34(26-36)50(65)59-48-30(2)44(42-14-4-6-22-61(42)48)46(63)32-16-18-40(55)38(28-32)52(68)69/h3-18,21-22,25-28H,19-20,23-24,54-55H2,1-2H3,(H,58,64)(H,59,65)(H,66,67)(H,68,69)(H2,56,57,70). The van der Waals surface area contributed by atoms with Crippen molar-refractivity contribution in [1.82, 2.24) is 19.4 Å². The topological polar surface area (TPSA) is 287 Å². The van der Waals surface area contributed by atoms with Gasteiger partial charge in [-0.25, -0.2) is 14.4 Å². The molecule has 8 rings (SSSR count). The van der Waals surface area contributed by atoms with Crippen LogP contribution in [0.4, 0.5) is 27.8 Å². The lowest BCUT2D eigenvalue weighted by molar-refractivity contribution is 0.0687. The Morgan fingerprint density at radius 3 is 1.33 bits per heavy atom. The molecule has 0 aliphatic carbocycles. The molecule has 19 nitrogen and oxygen atoms in total. The highest BCUT2D eigenvalue weighted by Crippen LogP contribution is 2.33. The number of benzene rings is 4. The Kier molecular flexibility index (Phi) is 14.0. The van der Waals surface area contributed by atoms with Crippen LogP contribution in [0, 0.1) is 13.8 Å². The molecule has 0 saturated carbocycles. The molecule has 0 radical (unpaired) electrons. The zero-order valence-corrected chi connectivity index (χ0v) is 38.6. The van der Waals surface area contributed by atoms with E-state index in [9.17, 15) is 43.8 Å². The van der Waals surface area contributed by atoms with Crippen LogP contribution in [-0.4, -0.2) is 86.7 Å². The fraction of sp³-hybridized carbons (Fsp3) is 0.113. The van der Waals surface area contributed by atoms with Crippen LogP contribution in [0.15, 0.2) is 134 Å². The minimum absolute atomic E-state index is 0.0247. The molecule has 19 heteroatoms. The van der Waals surface area contributed by atoms with Gasteiger partial charge >= 0.3 is 18.0 Å². The van der Waals surface area contributed by atoms with Gasteiger partial charge in [-0.05, 0) is 111 Å². The van der Waals surface area contributed by atoms with Crippen molar-refractivity contribution in [2.45, 2.75) is 13.8 Å². The van der Waals surface area contributed by atoms with Gasteiger partial charge in [0.2, 0.25) is 0 Å². The number of carboxylic acid groups (broad SMARTS) is 2. The summed E-state index contributed by atoms with van der Waals surface area (Å²) >= 11 is 0. The second-order valence-electron chi connectivity index (χ2n) is 16.3. The van der Waals surface area contributed by atoms with E-state index in [2.05, 4.69) is 21.3 Å². The van der Waals surface area contributed by atoms with Gasteiger partial charge in [0.1, 0.15) is 36.3 Å². The summed E-state index contributed by atoms with van der Waals surface area (Å²) in [5.74, 6) is -2.96. The molecular weight excluding hydrogens is 925 g/mol. The number of nitrogen functional groups attached to an aromatic ring is 2. The fourth-order valence-corrected chi connectivity index (χ4v) is 8.14. The second-order valence-corrected chi connectivity index (χ2v) is 16.3. The lowest BCUT2D eigenvalue weighted by atomic mass is 9.98. The van der Waals surface area contributed by atoms with E-state index in [-0.39, 0.29) is 82.2 Å². The number of carbonyl (C=O) groups excluding carboxylic acids is 5. The molecule has 72 heavy (non-hydrogen) atoms. The van der Waals surface area contributed by atoms with Crippen LogP contribution in [0.5, 0.6) is 11.5 Å². The maximum atomic E-state index is 13.8. The van der Waals surface area contributed by atoms with Crippen LogP contribution in [0.1, 0.15) is 84.4 Å². The van der Waals surface area contributed by atoms with Crippen LogP contribution in [-0.2, 0) is 0 Å². The number of fused-ring (bicyclic) bond motifs is 2. The summed E-state index contributed by atoms with van der Waals surface area (Å²) in [4.78, 5) is 90.7. The van der Waals surface area contributed by atoms with E-state index in [1.165, 1.54) is 48.5 Å². The van der Waals surface area contributed by atoms with Gasteiger partial charge in [-0.15, -0.1) is 0 Å². The molecule has 0 fully saturated rings. The predicted octanol–water partition coefficient (Wildman–Crippen LogP) is 7.09. The van der Waals surface area contributed by atoms with Crippen LogP contribution in [0.25, 0.3) is 11.0 Å². The maximum Gasteiger partial charge on any atom is 0.337 e. The van der Waals surface area contributed by atoms with Crippen molar-refractivity contribution in [3.63, 3.8) is 0 Å². The lowest BCUT2D eigenvalue weighted by Crippen LogP contribution is -2.39. The number of carboxylic acids is 2. The number of urea groups is 1. The van der Waals surface area contributed by atoms with Crippen LogP contribution >= 0.6 is 0 Å². The number of nitrogens with zero attached hydrogens (tertiary/aromatic N) is 2. The molecule has 0 aliphatic heterocycles. The van der Waals surface area contributed by atoms with Crippen molar-refractivity contribution >= 4 is 75.4 Å². The van der Waals surface area contributed by atoms with E-state index < -0.39 is 41.4 Å². The smallest absolute Gasteiger partial charge is 0.337 e. The normalized spacial score (nSPS) is 10.9. The van der Waals surface area contributed by atoms with Gasteiger partial charge in [0.15, 0.2) is 11.6 Å². The number of hydrogen-bond donors (Lipinski definition) is 8. The first-order valence-corrected chi connectivity index (χ1v) is 22.3. The van der Waals surface area contributed by atoms with E-state index in [4.69, 9.17) is 20.9 Å². The molecule has 0 unspecified atom stereocenters. The largest absolute Gasteiger partial charge is 0.492 e. The van der Waals surface area contributed by atoms with E-state index in [0.717, 1.165) is 0 Å². The average Bonchev–Trinajstić information content (AvgIpc) is 3.81. The third kappa shape index (κ3) is 10.1. The molecule has 0 saturated heterocycles. The lowest BCUT2D eigenvalue weighted by Gasteiger charge is -2.12. The number of nitrogens with two attached hydrogens (primary N) is 2. The highest BCUT2D eigenvalue weighted by Gasteiger charge is 2.26. The summed E-state index contributed by atoms with van der Waals surface area (Å²) in [6.45, 7) is 3.75. The monoisotopic (exact) mass is 970 g/mol. The summed E-state index contributed by atoms with van der Waals surface area (Å²) in [6, 6.07) is 30.9. The van der Waals surface area contributed by atoms with Gasteiger partial charge in [0.05, 0.1) is 46.4 Å². The number of anilines is 4. The quantitative estimate of drug-likeness (QED) is 0.0242. The maximum absolute atomic E-state index is 13.8. The minimum atomic E-state index is -1.26. The van der Waals surface area contributed by atoms with Gasteiger partial charge in [0.25, 0.3) is 11.8 Å². The number of rotatable bonds is 18. The van der Waals surface area contributed by atoms with Crippen molar-refractivity contribution in [2.24, 2.45) is 0 Å². The molecule has 4 amide bonds. The fourth-order valence-electron chi connectivity index (χ4n) is 8.14. The number of nitrogens with one attached hydrogen (secondary N) is 4. The molecule has 0 bridgehead atoms. The van der Waals surface area contributed by atoms with Crippen LogP contribution in [0.3, 0.4) is 0 Å². The third-order valence-electron chi connectivity index (χ3n) is 11.7. The Morgan fingerprint density at radius 1 is 0.514 bits per heavy atom. The molecule has 10 N–H and O–H groups in total. The van der Waals surface area contributed by atoms with Crippen molar-refractivity contribution in [3.05, 3.63) is 189 Å². The summed E-state index contributed by atoms with van der Waals surface area (Å²) in [6.07, 6.45) is 3.40. The zero-order chi connectivity index (χ0) is 51.2. The second kappa shape index (κ2) is 20.8. The Morgan fingerprint density at radius 2 is 0.931 bits per heavy atom. The zero-order valence-electron chi connectivity index (χ0n) is 38.6. The van der Waals surface area contributed by atoms with Crippen molar-refractivity contribution < 1.29 is 53.2 Å². The molecular formula is C53H46N8O11. The molecule has 8 aromatic rings. The van der Waals surface area contributed by atoms with Crippen molar-refractivity contribution in [2.75, 3.05) is 48.4 Å². The Bertz CT molecular complexity index is 3280. The highest BCUT2D eigenvalue weighted by atomic mass is 16.5. The number of hydrogen-bond acceptors (Lipinski definition) is 11. The molecule has 4 aromatic carbocycles. The van der Waals surface area contributed by atoms with E-state index in [1.54, 1.807) is 108 Å². The minimum Gasteiger partial charge on any atom is -0.492 e. The number of aromatic nitrogens is 2. The van der Waals surface area contributed by atoms with E-state index >= 15 is 0 Å². The molecule has 0 aliphatic rings. The van der Waals surface area contributed by atoms with E-state index in [0.29, 0.717) is 45.3 Å². The number of ketones is 2. The highest BCUT2D eigenvalue weighted by molar-refractivity contribution is 6.18. The Balaban J connectivity index is 0.810. The SMILES string of the molecule is Cc1c(C(=O)c2ccc(N)c(C(=O)O)c2)c2ccccn2c1NC(=O)c1cccc(OCCNC(=O)NCCOc2cccc(C(=O)Nc3c(C)c(C(=O)c4ccc(N)c(C(=O)O)c4)c4ccccn34)c2)c1. The Hall–Kier alpha value is -9.91. The number of ether oxygens (including phenoxy) is 2. The first kappa shape index (κ1) is 48.5. The van der Waals surface area contributed by atoms with Crippen LogP contribution < -0.4 is 42.2 Å². The van der Waals surface area contributed by atoms with Gasteiger partial charge in [-0.2, -0.15) is 0 Å². The van der Waals surface area contributed by atoms with Crippen LogP contribution in [0.2, 0.25) is 0 Å². The van der Waals surface area contributed by atoms with Gasteiger partial charge < -0.3 is 61.2 Å². The Labute approximate surface area is 410 Å². The summed E-state index contributed by atoms with van der Waals surface area (Å²) in [7, 11) is 0. The van der Waals surface area contributed by atoms with Crippen molar-refractivity contribution in [1.29, 1.82) is 0 Å². The summed E-state index contributed by atoms with van der Waals surface area (Å²) in [5, 5.41) is 30.3. The summed E-state index contributed by atoms with van der Waals surface area (Å²) in [5.41, 5.74) is 14.6. The first-order chi connectivity index (χ1) is 34.6. The van der Waals surface area contributed by atoms with Gasteiger partial charge in [0, 0.05) is 57.1 Å². The molecule has 364 valence electrons. The molecule has 0 atom stereocenters. The van der Waals surface area contributed by atoms with Crippen molar-refractivity contribution in [3.8, 4) is 11.5 Å². The van der Waals surface area contributed by atoms with Gasteiger partial charge in [-0.1, -0.05) is 24.3 Å². The molecule has 4 heterocycles. The average molecular weight is 971 g/mol. The third-order valence-corrected chi connectivity index (χ3v) is 11.7. The number of pyridine rings is 2. The first-order valence-electron chi connectivity index (χ1n) is 22.3. The predicted molar refractivity (Wildman–Crippen MR) is 268 cm³/mol. The number of amides is 4. The number of aromatic carboxylic acids is 2. The number of carbonyl (C=O) groups is 7. The van der Waals surface area contributed by atoms with Gasteiger partial charge in [-0.3, -0.25) is 19.2 Å². The molecule has 0 spiro atoms. The summed E-state index contributed by atoms with van der Waals surface area (Å²) < 4.78 is 15.0. The van der Waals surface area contributed by atoms with E-state index in [1.807, 2.05) is 0 Å².